The van der Waals surface area contributed by atoms with Gasteiger partial charge in [-0.05, 0) is 58.1 Å². The molecule has 0 aliphatic carbocycles. The first kappa shape index (κ1) is 32.2. The molecule has 3 heterocycles. The van der Waals surface area contributed by atoms with Crippen molar-refractivity contribution >= 4 is 53.4 Å². The Kier molecular flexibility index (Phi) is 7.64. The molecular formula is C51H31N3OS. The number of furan rings is 1. The van der Waals surface area contributed by atoms with Gasteiger partial charge in [-0.2, -0.15) is 0 Å². The zero-order valence-electron chi connectivity index (χ0n) is 30.1. The fourth-order valence-corrected chi connectivity index (χ4v) is 9.00. The molecule has 0 N–H and O–H groups in total. The van der Waals surface area contributed by atoms with Crippen LogP contribution in [-0.2, 0) is 0 Å². The standard InChI is InChI=1S/C51H31N3OS/c1-4-13-32(14-5-1)35-23-25-41-42-26-24-37(31-46(42)56-45(41)30-35)40-28-27-39(47-43-21-10-11-22-44(43)55-48(40)47)36-19-12-20-38(29-36)51-53-49(33-15-6-2-7-16-33)52-50(54-51)34-17-8-3-9-18-34/h1-31H. The predicted molar refractivity (Wildman–Crippen MR) is 233 cm³/mol. The molecule has 0 aliphatic rings. The van der Waals surface area contributed by atoms with Crippen molar-refractivity contribution < 1.29 is 4.42 Å². The maximum absolute atomic E-state index is 6.75. The average Bonchev–Trinajstić information content (AvgIpc) is 3.85. The van der Waals surface area contributed by atoms with Gasteiger partial charge in [0.2, 0.25) is 0 Å². The highest BCUT2D eigenvalue weighted by atomic mass is 32.1. The van der Waals surface area contributed by atoms with Crippen molar-refractivity contribution in [2.75, 3.05) is 0 Å². The van der Waals surface area contributed by atoms with E-state index in [-0.39, 0.29) is 0 Å². The first-order valence-electron chi connectivity index (χ1n) is 18.7. The van der Waals surface area contributed by atoms with E-state index in [1.807, 2.05) is 78.1 Å². The molecule has 4 nitrogen and oxygen atoms in total. The highest BCUT2D eigenvalue weighted by Crippen LogP contribution is 2.44. The third-order valence-electron chi connectivity index (χ3n) is 10.5. The first-order valence-corrected chi connectivity index (χ1v) is 19.5. The molecule has 0 aliphatic heterocycles. The number of hydrogen-bond acceptors (Lipinski definition) is 5. The number of nitrogens with zero attached hydrogens (tertiary/aromatic N) is 3. The summed E-state index contributed by atoms with van der Waals surface area (Å²) in [6.07, 6.45) is 0. The molecule has 0 fully saturated rings. The number of aromatic nitrogens is 3. The van der Waals surface area contributed by atoms with Gasteiger partial charge in [-0.1, -0.05) is 158 Å². The van der Waals surface area contributed by atoms with Gasteiger partial charge in [0.25, 0.3) is 0 Å². The van der Waals surface area contributed by atoms with E-state index in [0.29, 0.717) is 17.5 Å². The van der Waals surface area contributed by atoms with Crippen molar-refractivity contribution in [2.45, 2.75) is 0 Å². The molecule has 0 amide bonds. The van der Waals surface area contributed by atoms with Crippen molar-refractivity contribution in [1.82, 2.24) is 15.0 Å². The smallest absolute Gasteiger partial charge is 0.164 e. The lowest BCUT2D eigenvalue weighted by atomic mass is 9.93. The second-order valence-electron chi connectivity index (χ2n) is 14.0. The Morgan fingerprint density at radius 1 is 0.339 bits per heavy atom. The van der Waals surface area contributed by atoms with Crippen LogP contribution in [0.4, 0.5) is 0 Å². The van der Waals surface area contributed by atoms with Crippen molar-refractivity contribution in [2.24, 2.45) is 0 Å². The van der Waals surface area contributed by atoms with Gasteiger partial charge < -0.3 is 4.42 Å². The summed E-state index contributed by atoms with van der Waals surface area (Å²) in [5.74, 6) is 1.90. The van der Waals surface area contributed by atoms with Gasteiger partial charge in [-0.25, -0.2) is 15.0 Å². The van der Waals surface area contributed by atoms with E-state index in [0.717, 1.165) is 60.9 Å². The van der Waals surface area contributed by atoms with Gasteiger partial charge in [0.1, 0.15) is 11.2 Å². The number of para-hydroxylation sites is 1. The van der Waals surface area contributed by atoms with Crippen LogP contribution in [0.15, 0.2) is 192 Å². The van der Waals surface area contributed by atoms with Crippen LogP contribution in [-0.4, -0.2) is 15.0 Å². The number of hydrogen-bond donors (Lipinski definition) is 0. The van der Waals surface area contributed by atoms with Gasteiger partial charge in [0.05, 0.1) is 0 Å². The summed E-state index contributed by atoms with van der Waals surface area (Å²) in [6.45, 7) is 0. The molecule has 0 spiro atoms. The summed E-state index contributed by atoms with van der Waals surface area (Å²) in [5.41, 5.74) is 11.3. The van der Waals surface area contributed by atoms with Crippen LogP contribution < -0.4 is 0 Å². The topological polar surface area (TPSA) is 51.8 Å². The fraction of sp³-hybridized carbons (Fsp3) is 0. The van der Waals surface area contributed by atoms with Gasteiger partial charge in [-0.3, -0.25) is 0 Å². The third kappa shape index (κ3) is 5.56. The molecule has 0 saturated heterocycles. The quantitative estimate of drug-likeness (QED) is 0.171. The van der Waals surface area contributed by atoms with Gasteiger partial charge in [0, 0.05) is 53.2 Å². The van der Waals surface area contributed by atoms with Crippen molar-refractivity contribution in [3.63, 3.8) is 0 Å². The normalized spacial score (nSPS) is 11.6. The molecule has 262 valence electrons. The van der Waals surface area contributed by atoms with E-state index in [4.69, 9.17) is 19.4 Å². The second-order valence-corrected chi connectivity index (χ2v) is 15.1. The minimum absolute atomic E-state index is 0.622. The summed E-state index contributed by atoms with van der Waals surface area (Å²) in [4.78, 5) is 14.9. The lowest BCUT2D eigenvalue weighted by Crippen LogP contribution is -2.00. The van der Waals surface area contributed by atoms with Gasteiger partial charge in [0.15, 0.2) is 17.5 Å². The molecular weight excluding hydrogens is 703 g/mol. The first-order chi connectivity index (χ1) is 27.7. The van der Waals surface area contributed by atoms with E-state index >= 15 is 0 Å². The SMILES string of the molecule is c1ccc(-c2ccc3c(c2)sc2cc(-c4ccc(-c5cccc(-c6nc(-c7ccccc7)nc(-c7ccccc7)n6)c5)c5c4oc4ccccc45)ccc23)cc1. The van der Waals surface area contributed by atoms with Crippen molar-refractivity contribution in [3.05, 3.63) is 188 Å². The van der Waals surface area contributed by atoms with Crippen LogP contribution >= 0.6 is 11.3 Å². The number of thiophene rings is 1. The highest BCUT2D eigenvalue weighted by molar-refractivity contribution is 7.25. The maximum atomic E-state index is 6.75. The lowest BCUT2D eigenvalue weighted by Gasteiger charge is -2.11. The van der Waals surface area contributed by atoms with Crippen LogP contribution in [0, 0.1) is 0 Å². The van der Waals surface area contributed by atoms with Crippen LogP contribution in [0.2, 0.25) is 0 Å². The molecule has 0 saturated carbocycles. The molecule has 0 bridgehead atoms. The van der Waals surface area contributed by atoms with Crippen molar-refractivity contribution in [1.29, 1.82) is 0 Å². The Bertz CT molecular complexity index is 3180. The third-order valence-corrected chi connectivity index (χ3v) is 11.7. The predicted octanol–water partition coefficient (Wildman–Crippen LogP) is 14.1. The summed E-state index contributed by atoms with van der Waals surface area (Å²) in [7, 11) is 0. The molecule has 11 rings (SSSR count). The summed E-state index contributed by atoms with van der Waals surface area (Å²) >= 11 is 1.84. The van der Waals surface area contributed by atoms with E-state index in [2.05, 4.69) is 121 Å². The largest absolute Gasteiger partial charge is 0.455 e. The number of rotatable bonds is 6. The van der Waals surface area contributed by atoms with E-state index in [1.54, 1.807) is 0 Å². The molecule has 56 heavy (non-hydrogen) atoms. The molecule has 0 atom stereocenters. The van der Waals surface area contributed by atoms with Crippen LogP contribution in [0.5, 0.6) is 0 Å². The van der Waals surface area contributed by atoms with Crippen molar-refractivity contribution in [3.8, 4) is 67.5 Å². The summed E-state index contributed by atoms with van der Waals surface area (Å²) in [6, 6.07) is 65.7. The molecule has 5 heteroatoms. The number of fused-ring (bicyclic) bond motifs is 6. The Balaban J connectivity index is 1.04. The molecule has 0 unspecified atom stereocenters. The Morgan fingerprint density at radius 3 is 1.52 bits per heavy atom. The monoisotopic (exact) mass is 733 g/mol. The Hall–Kier alpha value is -7.21. The maximum Gasteiger partial charge on any atom is 0.164 e. The van der Waals surface area contributed by atoms with E-state index < -0.39 is 0 Å². The van der Waals surface area contributed by atoms with E-state index in [9.17, 15) is 0 Å². The summed E-state index contributed by atoms with van der Waals surface area (Å²) < 4.78 is 9.29. The molecule has 0 radical (unpaired) electrons. The minimum atomic E-state index is 0.622. The van der Waals surface area contributed by atoms with E-state index in [1.165, 1.54) is 31.3 Å². The second kappa shape index (κ2) is 13.3. The lowest BCUT2D eigenvalue weighted by molar-refractivity contribution is 0.670. The Labute approximate surface area is 327 Å². The highest BCUT2D eigenvalue weighted by Gasteiger charge is 2.19. The van der Waals surface area contributed by atoms with Crippen LogP contribution in [0.3, 0.4) is 0 Å². The van der Waals surface area contributed by atoms with Gasteiger partial charge in [-0.15, -0.1) is 11.3 Å². The molecule has 3 aromatic heterocycles. The van der Waals surface area contributed by atoms with Crippen LogP contribution in [0.25, 0.3) is 110 Å². The zero-order chi connectivity index (χ0) is 37.0. The average molecular weight is 734 g/mol. The fourth-order valence-electron chi connectivity index (χ4n) is 7.81. The molecule has 8 aromatic carbocycles. The molecule has 11 aromatic rings. The Morgan fingerprint density at radius 2 is 0.839 bits per heavy atom. The number of benzene rings is 8. The van der Waals surface area contributed by atoms with Crippen LogP contribution in [0.1, 0.15) is 0 Å². The summed E-state index contributed by atoms with van der Waals surface area (Å²) in [5, 5.41) is 4.72. The zero-order valence-corrected chi connectivity index (χ0v) is 30.9. The van der Waals surface area contributed by atoms with Gasteiger partial charge >= 0.3 is 0 Å². The minimum Gasteiger partial charge on any atom is -0.455 e.